The van der Waals surface area contributed by atoms with Gasteiger partial charge in [-0.2, -0.15) is 0 Å². The van der Waals surface area contributed by atoms with Crippen LogP contribution in [-0.2, 0) is 19.7 Å². The molecular formula is C18H24N2O3. The summed E-state index contributed by atoms with van der Waals surface area (Å²) in [6, 6.07) is 10.0. The minimum atomic E-state index is -0.362. The van der Waals surface area contributed by atoms with E-state index in [0.717, 1.165) is 24.8 Å². The smallest absolute Gasteiger partial charge is 0.233 e. The molecule has 2 fully saturated rings. The van der Waals surface area contributed by atoms with E-state index in [2.05, 4.69) is 5.32 Å². The summed E-state index contributed by atoms with van der Waals surface area (Å²) in [4.78, 5) is 26.8. The van der Waals surface area contributed by atoms with Gasteiger partial charge in [-0.05, 0) is 24.8 Å². The van der Waals surface area contributed by atoms with Crippen LogP contribution in [0.2, 0.25) is 0 Å². The summed E-state index contributed by atoms with van der Waals surface area (Å²) in [6.45, 7) is 2.84. The molecule has 1 aliphatic heterocycles. The molecule has 2 amide bonds. The van der Waals surface area contributed by atoms with Gasteiger partial charge < -0.3 is 15.0 Å². The topological polar surface area (TPSA) is 58.6 Å². The lowest BCUT2D eigenvalue weighted by Crippen LogP contribution is -2.42. The Bertz CT molecular complexity index is 555. The molecule has 1 aromatic rings. The number of nitrogens with one attached hydrogen (secondary N) is 1. The van der Waals surface area contributed by atoms with Crippen molar-refractivity contribution < 1.29 is 14.3 Å². The quantitative estimate of drug-likeness (QED) is 0.899. The molecule has 1 aromatic carbocycles. The first-order chi connectivity index (χ1) is 11.2. The lowest BCUT2D eigenvalue weighted by atomic mass is 9.94. The van der Waals surface area contributed by atoms with E-state index in [1.165, 1.54) is 0 Å². The predicted octanol–water partition coefficient (Wildman–Crippen LogP) is 1.47. The average Bonchev–Trinajstić information content (AvgIpc) is 3.38. The summed E-state index contributed by atoms with van der Waals surface area (Å²) >= 11 is 0. The first-order valence-electron chi connectivity index (χ1n) is 8.42. The number of benzene rings is 1. The van der Waals surface area contributed by atoms with Crippen LogP contribution in [0.4, 0.5) is 0 Å². The fraction of sp³-hybridized carbons (Fsp3) is 0.556. The van der Waals surface area contributed by atoms with E-state index in [1.54, 1.807) is 0 Å². The standard InChI is InChI=1S/C18H24N2O3/c21-16-7-12-20(11-4-13-23-14-10-19-16)17(22)18(8-9-18)15-5-2-1-3-6-15/h1-3,5-6H,4,7-14H2,(H,19,21). The summed E-state index contributed by atoms with van der Waals surface area (Å²) in [5.74, 6) is 0.147. The highest BCUT2D eigenvalue weighted by Crippen LogP contribution is 2.49. The van der Waals surface area contributed by atoms with E-state index in [0.29, 0.717) is 39.3 Å². The van der Waals surface area contributed by atoms with Crippen LogP contribution in [0.15, 0.2) is 30.3 Å². The molecule has 0 aromatic heterocycles. The molecular weight excluding hydrogens is 292 g/mol. The van der Waals surface area contributed by atoms with Crippen LogP contribution >= 0.6 is 0 Å². The molecule has 1 saturated heterocycles. The van der Waals surface area contributed by atoms with Gasteiger partial charge >= 0.3 is 0 Å². The monoisotopic (exact) mass is 316 g/mol. The normalized spacial score (nSPS) is 21.9. The highest BCUT2D eigenvalue weighted by atomic mass is 16.5. The second-order valence-corrected chi connectivity index (χ2v) is 6.31. The van der Waals surface area contributed by atoms with E-state index >= 15 is 0 Å². The number of amides is 2. The van der Waals surface area contributed by atoms with Gasteiger partial charge in [0, 0.05) is 32.7 Å². The summed E-state index contributed by atoms with van der Waals surface area (Å²) < 4.78 is 5.48. The molecule has 0 radical (unpaired) electrons. The number of carbonyl (C=O) groups is 2. The van der Waals surface area contributed by atoms with Crippen molar-refractivity contribution in [2.24, 2.45) is 0 Å². The van der Waals surface area contributed by atoms with Gasteiger partial charge in [0.2, 0.25) is 11.8 Å². The zero-order valence-electron chi connectivity index (χ0n) is 13.4. The molecule has 0 atom stereocenters. The maximum atomic E-state index is 13.1. The third kappa shape index (κ3) is 3.72. The number of ether oxygens (including phenoxy) is 1. The molecule has 0 spiro atoms. The Kier molecular flexibility index (Phi) is 4.96. The Hall–Kier alpha value is -1.88. The zero-order chi connectivity index (χ0) is 16.1. The largest absolute Gasteiger partial charge is 0.380 e. The minimum absolute atomic E-state index is 0.0159. The van der Waals surface area contributed by atoms with Crippen molar-refractivity contribution in [1.82, 2.24) is 10.2 Å². The van der Waals surface area contributed by atoms with Crippen LogP contribution in [-0.4, -0.2) is 49.6 Å². The van der Waals surface area contributed by atoms with E-state index < -0.39 is 0 Å². The van der Waals surface area contributed by atoms with Crippen molar-refractivity contribution in [3.05, 3.63) is 35.9 Å². The Balaban J connectivity index is 1.72. The van der Waals surface area contributed by atoms with Crippen LogP contribution in [0.5, 0.6) is 0 Å². The van der Waals surface area contributed by atoms with Gasteiger partial charge in [-0.3, -0.25) is 9.59 Å². The van der Waals surface area contributed by atoms with Crippen molar-refractivity contribution >= 4 is 11.8 Å². The number of nitrogens with zero attached hydrogens (tertiary/aromatic N) is 1. The lowest BCUT2D eigenvalue weighted by Gasteiger charge is -2.27. The molecule has 5 nitrogen and oxygen atoms in total. The molecule has 2 aliphatic rings. The van der Waals surface area contributed by atoms with Crippen LogP contribution in [0.1, 0.15) is 31.2 Å². The van der Waals surface area contributed by atoms with E-state index in [-0.39, 0.29) is 17.2 Å². The van der Waals surface area contributed by atoms with Crippen LogP contribution in [0, 0.1) is 0 Å². The Morgan fingerprint density at radius 1 is 1.13 bits per heavy atom. The van der Waals surface area contributed by atoms with Crippen molar-refractivity contribution in [2.45, 2.75) is 31.1 Å². The Morgan fingerprint density at radius 2 is 1.91 bits per heavy atom. The summed E-state index contributed by atoms with van der Waals surface area (Å²) in [6.07, 6.45) is 2.96. The second kappa shape index (κ2) is 7.13. The molecule has 3 rings (SSSR count). The molecule has 0 unspecified atom stereocenters. The van der Waals surface area contributed by atoms with Crippen LogP contribution in [0.25, 0.3) is 0 Å². The number of hydrogen-bond donors (Lipinski definition) is 1. The van der Waals surface area contributed by atoms with Crippen molar-refractivity contribution in [2.75, 3.05) is 32.8 Å². The lowest BCUT2D eigenvalue weighted by molar-refractivity contribution is -0.134. The summed E-state index contributed by atoms with van der Waals surface area (Å²) in [5.41, 5.74) is 0.735. The van der Waals surface area contributed by atoms with E-state index in [9.17, 15) is 9.59 Å². The first-order valence-corrected chi connectivity index (χ1v) is 8.42. The molecule has 1 aliphatic carbocycles. The minimum Gasteiger partial charge on any atom is -0.380 e. The van der Waals surface area contributed by atoms with Gasteiger partial charge in [-0.1, -0.05) is 30.3 Å². The highest BCUT2D eigenvalue weighted by molar-refractivity contribution is 5.91. The van der Waals surface area contributed by atoms with E-state index in [1.807, 2.05) is 35.2 Å². The Labute approximate surface area is 137 Å². The van der Waals surface area contributed by atoms with E-state index in [4.69, 9.17) is 4.74 Å². The molecule has 0 bridgehead atoms. The average molecular weight is 316 g/mol. The fourth-order valence-electron chi connectivity index (χ4n) is 3.17. The van der Waals surface area contributed by atoms with Crippen molar-refractivity contribution in [3.8, 4) is 0 Å². The maximum Gasteiger partial charge on any atom is 0.233 e. The second-order valence-electron chi connectivity index (χ2n) is 6.31. The molecule has 5 heteroatoms. The summed E-state index contributed by atoms with van der Waals surface area (Å²) in [7, 11) is 0. The highest BCUT2D eigenvalue weighted by Gasteiger charge is 2.52. The van der Waals surface area contributed by atoms with Gasteiger partial charge in [0.15, 0.2) is 0 Å². The molecule has 1 N–H and O–H groups in total. The predicted molar refractivity (Wildman–Crippen MR) is 87.0 cm³/mol. The number of rotatable bonds is 2. The van der Waals surface area contributed by atoms with Gasteiger partial charge in [-0.25, -0.2) is 0 Å². The van der Waals surface area contributed by atoms with Crippen LogP contribution < -0.4 is 5.32 Å². The third-order valence-electron chi connectivity index (χ3n) is 4.67. The Morgan fingerprint density at radius 3 is 2.65 bits per heavy atom. The molecule has 124 valence electrons. The van der Waals surface area contributed by atoms with Crippen molar-refractivity contribution in [3.63, 3.8) is 0 Å². The zero-order valence-corrected chi connectivity index (χ0v) is 13.4. The number of hydrogen-bond acceptors (Lipinski definition) is 3. The molecule has 1 heterocycles. The molecule has 23 heavy (non-hydrogen) atoms. The number of carbonyl (C=O) groups excluding carboxylic acids is 2. The fourth-order valence-corrected chi connectivity index (χ4v) is 3.17. The van der Waals surface area contributed by atoms with Gasteiger partial charge in [0.1, 0.15) is 0 Å². The summed E-state index contributed by atoms with van der Waals surface area (Å²) in [5, 5.41) is 2.82. The van der Waals surface area contributed by atoms with Crippen LogP contribution in [0.3, 0.4) is 0 Å². The maximum absolute atomic E-state index is 13.1. The first kappa shape index (κ1) is 16.0. The van der Waals surface area contributed by atoms with Gasteiger partial charge in [0.25, 0.3) is 0 Å². The van der Waals surface area contributed by atoms with Crippen molar-refractivity contribution in [1.29, 1.82) is 0 Å². The third-order valence-corrected chi connectivity index (χ3v) is 4.67. The van der Waals surface area contributed by atoms with Gasteiger partial charge in [-0.15, -0.1) is 0 Å². The molecule has 1 saturated carbocycles. The van der Waals surface area contributed by atoms with Gasteiger partial charge in [0.05, 0.1) is 12.0 Å². The SMILES string of the molecule is O=C1CCN(C(=O)C2(c3ccccc3)CC2)CCCOCCN1.